The Morgan fingerprint density at radius 2 is 1.89 bits per heavy atom. The highest BCUT2D eigenvalue weighted by Gasteiger charge is 2.16. The summed E-state index contributed by atoms with van der Waals surface area (Å²) < 4.78 is 0. The van der Waals surface area contributed by atoms with Crippen LogP contribution < -0.4 is 0 Å². The van der Waals surface area contributed by atoms with E-state index in [-0.39, 0.29) is 11.5 Å². The Morgan fingerprint density at radius 3 is 2.56 bits per heavy atom. The van der Waals surface area contributed by atoms with Crippen LogP contribution in [0.5, 0.6) is 0 Å². The third kappa shape index (κ3) is 3.09. The zero-order valence-corrected chi connectivity index (χ0v) is 10.3. The molecule has 0 bridgehead atoms. The van der Waals surface area contributed by atoms with Crippen molar-refractivity contribution in [1.82, 2.24) is 4.90 Å². The average Bonchev–Trinajstić information content (AvgIpc) is 2.56. The van der Waals surface area contributed by atoms with Crippen molar-refractivity contribution in [2.24, 2.45) is 0 Å². The Balaban J connectivity index is 2.03. The predicted octanol–water partition coefficient (Wildman–Crippen LogP) is 2.29. The summed E-state index contributed by atoms with van der Waals surface area (Å²) in [5.74, 6) is -0.720. The van der Waals surface area contributed by atoms with Crippen LogP contribution in [0.15, 0.2) is 24.3 Å². The third-order valence-electron chi connectivity index (χ3n) is 3.25. The van der Waals surface area contributed by atoms with E-state index >= 15 is 0 Å². The van der Waals surface area contributed by atoms with Gasteiger partial charge < -0.3 is 10.0 Å². The van der Waals surface area contributed by atoms with Gasteiger partial charge in [0.1, 0.15) is 0 Å². The number of rotatable bonds is 3. The average molecular weight is 247 g/mol. The minimum absolute atomic E-state index is 0.204. The van der Waals surface area contributed by atoms with Gasteiger partial charge in [0.2, 0.25) is 5.91 Å². The van der Waals surface area contributed by atoms with E-state index in [1.165, 1.54) is 0 Å². The second-order valence-electron chi connectivity index (χ2n) is 4.63. The van der Waals surface area contributed by atoms with Crippen LogP contribution in [0.3, 0.4) is 0 Å². The highest BCUT2D eigenvalue weighted by atomic mass is 16.4. The van der Waals surface area contributed by atoms with Crippen molar-refractivity contribution in [3.05, 3.63) is 35.4 Å². The summed E-state index contributed by atoms with van der Waals surface area (Å²) in [5.41, 5.74) is 1.26. The third-order valence-corrected chi connectivity index (χ3v) is 3.25. The van der Waals surface area contributed by atoms with Gasteiger partial charge in [0.05, 0.1) is 5.56 Å². The first kappa shape index (κ1) is 12.6. The number of benzene rings is 1. The zero-order chi connectivity index (χ0) is 13.0. The first-order chi connectivity index (χ1) is 8.66. The summed E-state index contributed by atoms with van der Waals surface area (Å²) in [6.45, 7) is 1.39. The molecule has 0 saturated carbocycles. The molecule has 1 saturated heterocycles. The SMILES string of the molecule is O=C(O)c1ccc(CN2CCCCCC2=O)cc1. The monoisotopic (exact) mass is 247 g/mol. The van der Waals surface area contributed by atoms with Gasteiger partial charge in [-0.2, -0.15) is 0 Å². The Labute approximate surface area is 106 Å². The number of carbonyl (C=O) groups is 2. The molecular weight excluding hydrogens is 230 g/mol. The zero-order valence-electron chi connectivity index (χ0n) is 10.3. The maximum atomic E-state index is 11.8. The molecule has 4 heteroatoms. The second kappa shape index (κ2) is 5.67. The number of amides is 1. The van der Waals surface area contributed by atoms with Crippen LogP contribution in [0.2, 0.25) is 0 Å². The molecule has 0 unspecified atom stereocenters. The Kier molecular flexibility index (Phi) is 3.97. The molecule has 1 aromatic rings. The van der Waals surface area contributed by atoms with Gasteiger partial charge in [-0.1, -0.05) is 18.6 Å². The van der Waals surface area contributed by atoms with Crippen LogP contribution in [-0.4, -0.2) is 28.4 Å². The van der Waals surface area contributed by atoms with Crippen molar-refractivity contribution in [2.45, 2.75) is 32.2 Å². The predicted molar refractivity (Wildman–Crippen MR) is 67.3 cm³/mol. The van der Waals surface area contributed by atoms with Crippen LogP contribution in [0.4, 0.5) is 0 Å². The number of nitrogens with zero attached hydrogens (tertiary/aromatic N) is 1. The van der Waals surface area contributed by atoms with Gasteiger partial charge in [0, 0.05) is 19.5 Å². The van der Waals surface area contributed by atoms with Crippen LogP contribution >= 0.6 is 0 Å². The van der Waals surface area contributed by atoms with Crippen molar-refractivity contribution in [1.29, 1.82) is 0 Å². The van der Waals surface area contributed by atoms with Crippen molar-refractivity contribution < 1.29 is 14.7 Å². The Morgan fingerprint density at radius 1 is 1.17 bits per heavy atom. The van der Waals surface area contributed by atoms with E-state index in [2.05, 4.69) is 0 Å². The minimum atomic E-state index is -0.924. The molecule has 1 N–H and O–H groups in total. The molecule has 1 aliphatic rings. The van der Waals surface area contributed by atoms with Crippen molar-refractivity contribution in [3.8, 4) is 0 Å². The lowest BCUT2D eigenvalue weighted by Gasteiger charge is -2.20. The fourth-order valence-electron chi connectivity index (χ4n) is 2.18. The largest absolute Gasteiger partial charge is 0.478 e. The summed E-state index contributed by atoms with van der Waals surface area (Å²) in [4.78, 5) is 24.4. The van der Waals surface area contributed by atoms with Gasteiger partial charge in [0.15, 0.2) is 0 Å². The maximum Gasteiger partial charge on any atom is 0.335 e. The van der Waals surface area contributed by atoms with Gasteiger partial charge in [-0.25, -0.2) is 4.79 Å². The number of carboxylic acid groups (broad SMARTS) is 1. The van der Waals surface area contributed by atoms with E-state index in [1.54, 1.807) is 24.3 Å². The number of aromatic carboxylic acids is 1. The molecule has 1 heterocycles. The molecular formula is C14H17NO3. The molecule has 2 rings (SSSR count). The summed E-state index contributed by atoms with van der Waals surface area (Å²) in [7, 11) is 0. The molecule has 1 aromatic carbocycles. The van der Waals surface area contributed by atoms with Gasteiger partial charge in [0.25, 0.3) is 0 Å². The van der Waals surface area contributed by atoms with Crippen LogP contribution in [0.1, 0.15) is 41.6 Å². The minimum Gasteiger partial charge on any atom is -0.478 e. The first-order valence-electron chi connectivity index (χ1n) is 6.27. The molecule has 4 nitrogen and oxygen atoms in total. The molecule has 0 spiro atoms. The molecule has 1 fully saturated rings. The molecule has 0 atom stereocenters. The van der Waals surface area contributed by atoms with E-state index in [0.717, 1.165) is 31.4 Å². The Hall–Kier alpha value is -1.84. The summed E-state index contributed by atoms with van der Waals surface area (Å²) in [6.07, 6.45) is 3.78. The first-order valence-corrected chi connectivity index (χ1v) is 6.27. The van der Waals surface area contributed by atoms with Crippen molar-refractivity contribution >= 4 is 11.9 Å². The number of carbonyl (C=O) groups excluding carboxylic acids is 1. The van der Waals surface area contributed by atoms with Gasteiger partial charge >= 0.3 is 5.97 Å². The van der Waals surface area contributed by atoms with Crippen LogP contribution in [-0.2, 0) is 11.3 Å². The molecule has 0 aromatic heterocycles. The quantitative estimate of drug-likeness (QED) is 0.891. The number of hydrogen-bond donors (Lipinski definition) is 1. The summed E-state index contributed by atoms with van der Waals surface area (Å²) >= 11 is 0. The lowest BCUT2D eigenvalue weighted by molar-refractivity contribution is -0.131. The highest BCUT2D eigenvalue weighted by molar-refractivity contribution is 5.87. The standard InChI is InChI=1S/C14H17NO3/c16-13-4-2-1-3-9-15(13)10-11-5-7-12(8-6-11)14(17)18/h5-8H,1-4,9-10H2,(H,17,18). The van der Waals surface area contributed by atoms with Crippen molar-refractivity contribution in [2.75, 3.05) is 6.54 Å². The molecule has 1 amide bonds. The topological polar surface area (TPSA) is 57.6 Å². The van der Waals surface area contributed by atoms with Crippen LogP contribution in [0, 0.1) is 0 Å². The van der Waals surface area contributed by atoms with E-state index in [4.69, 9.17) is 5.11 Å². The van der Waals surface area contributed by atoms with E-state index in [1.807, 2.05) is 4.90 Å². The molecule has 0 radical (unpaired) electrons. The van der Waals surface area contributed by atoms with Gasteiger partial charge in [-0.15, -0.1) is 0 Å². The fraction of sp³-hybridized carbons (Fsp3) is 0.429. The molecule has 18 heavy (non-hydrogen) atoms. The normalized spacial score (nSPS) is 16.4. The lowest BCUT2D eigenvalue weighted by Crippen LogP contribution is -2.29. The molecule has 96 valence electrons. The highest BCUT2D eigenvalue weighted by Crippen LogP contribution is 2.15. The maximum absolute atomic E-state index is 11.8. The van der Waals surface area contributed by atoms with Crippen LogP contribution in [0.25, 0.3) is 0 Å². The molecule has 1 aliphatic heterocycles. The summed E-state index contributed by atoms with van der Waals surface area (Å²) in [6, 6.07) is 6.73. The van der Waals surface area contributed by atoms with E-state index in [9.17, 15) is 9.59 Å². The second-order valence-corrected chi connectivity index (χ2v) is 4.63. The lowest BCUT2D eigenvalue weighted by atomic mass is 10.1. The number of carboxylic acids is 1. The number of hydrogen-bond acceptors (Lipinski definition) is 2. The van der Waals surface area contributed by atoms with Crippen molar-refractivity contribution in [3.63, 3.8) is 0 Å². The number of likely N-dealkylation sites (tertiary alicyclic amines) is 1. The van der Waals surface area contributed by atoms with E-state index in [0.29, 0.717) is 13.0 Å². The molecule has 0 aliphatic carbocycles. The Bertz CT molecular complexity index is 439. The summed E-state index contributed by atoms with van der Waals surface area (Å²) in [5, 5.41) is 8.81. The fourth-order valence-corrected chi connectivity index (χ4v) is 2.18. The van der Waals surface area contributed by atoms with Gasteiger partial charge in [-0.3, -0.25) is 4.79 Å². The van der Waals surface area contributed by atoms with E-state index < -0.39 is 5.97 Å². The smallest absolute Gasteiger partial charge is 0.335 e. The van der Waals surface area contributed by atoms with Gasteiger partial charge in [-0.05, 0) is 30.5 Å².